The highest BCUT2D eigenvalue weighted by molar-refractivity contribution is 5.95. The number of hydrogen-bond donors (Lipinski definition) is 2. The Morgan fingerprint density at radius 3 is 2.57 bits per heavy atom. The van der Waals surface area contributed by atoms with E-state index in [0.717, 1.165) is 31.7 Å². The van der Waals surface area contributed by atoms with Gasteiger partial charge in [-0.1, -0.05) is 0 Å². The van der Waals surface area contributed by atoms with E-state index in [1.165, 1.54) is 12.1 Å². The second-order valence-corrected chi connectivity index (χ2v) is 6.09. The van der Waals surface area contributed by atoms with Crippen molar-refractivity contribution in [2.24, 2.45) is 0 Å². The van der Waals surface area contributed by atoms with Crippen molar-refractivity contribution < 1.29 is 19.6 Å². The Labute approximate surface area is 134 Å². The van der Waals surface area contributed by atoms with E-state index in [4.69, 9.17) is 4.74 Å². The number of amides is 1. The first-order chi connectivity index (χ1) is 10.9. The molecule has 0 bridgehead atoms. The zero-order valence-electron chi connectivity index (χ0n) is 13.3. The maximum Gasteiger partial charge on any atom is 0.311 e. The average Bonchev–Trinajstić information content (AvgIpc) is 2.48. The topological polar surface area (TPSA) is 102 Å². The molecule has 7 heteroatoms. The van der Waals surface area contributed by atoms with Crippen LogP contribution in [0.3, 0.4) is 0 Å². The number of phenols is 1. The van der Waals surface area contributed by atoms with Gasteiger partial charge < -0.3 is 15.2 Å². The molecule has 1 saturated carbocycles. The lowest BCUT2D eigenvalue weighted by Crippen LogP contribution is -2.39. The molecule has 7 nitrogen and oxygen atoms in total. The van der Waals surface area contributed by atoms with Gasteiger partial charge in [-0.3, -0.25) is 14.9 Å². The predicted molar refractivity (Wildman–Crippen MR) is 84.5 cm³/mol. The molecular formula is C16H22N2O5. The standard InChI is InChI=1S/C16H22N2O5/c1-10(2)23-13-6-4-12(5-7-13)17-16(20)11-3-8-15(19)14(9-11)18(21)22/h3,8-10,12-13,19H,4-7H2,1-2H3,(H,17,20). The van der Waals surface area contributed by atoms with Crippen LogP contribution in [-0.2, 0) is 4.74 Å². The van der Waals surface area contributed by atoms with Gasteiger partial charge in [-0.05, 0) is 51.7 Å². The quantitative estimate of drug-likeness (QED) is 0.641. The number of carbonyl (C=O) groups is 1. The number of aromatic hydroxyl groups is 1. The molecule has 0 heterocycles. The summed E-state index contributed by atoms with van der Waals surface area (Å²) in [5.41, 5.74) is -0.290. The summed E-state index contributed by atoms with van der Waals surface area (Å²) < 4.78 is 5.77. The van der Waals surface area contributed by atoms with Crippen molar-refractivity contribution in [3.05, 3.63) is 33.9 Å². The summed E-state index contributed by atoms with van der Waals surface area (Å²) in [5.74, 6) is -0.806. The van der Waals surface area contributed by atoms with Gasteiger partial charge in [0.25, 0.3) is 5.91 Å². The van der Waals surface area contributed by atoms with Gasteiger partial charge in [0.15, 0.2) is 5.75 Å². The van der Waals surface area contributed by atoms with Crippen molar-refractivity contribution in [2.75, 3.05) is 0 Å². The van der Waals surface area contributed by atoms with E-state index in [1.807, 2.05) is 13.8 Å². The molecule has 0 aliphatic heterocycles. The van der Waals surface area contributed by atoms with Crippen molar-refractivity contribution in [3.63, 3.8) is 0 Å². The van der Waals surface area contributed by atoms with E-state index in [-0.39, 0.29) is 29.7 Å². The third-order valence-electron chi connectivity index (χ3n) is 3.91. The van der Waals surface area contributed by atoms with Crippen molar-refractivity contribution in [3.8, 4) is 5.75 Å². The summed E-state index contributed by atoms with van der Waals surface area (Å²) >= 11 is 0. The number of hydrogen-bond acceptors (Lipinski definition) is 5. The third kappa shape index (κ3) is 4.66. The van der Waals surface area contributed by atoms with Crippen molar-refractivity contribution in [1.29, 1.82) is 0 Å². The van der Waals surface area contributed by atoms with E-state index in [2.05, 4.69) is 5.32 Å². The van der Waals surface area contributed by atoms with Gasteiger partial charge in [0.1, 0.15) is 0 Å². The van der Waals surface area contributed by atoms with E-state index < -0.39 is 16.4 Å². The van der Waals surface area contributed by atoms with Gasteiger partial charge in [-0.2, -0.15) is 0 Å². The molecule has 0 spiro atoms. The Morgan fingerprint density at radius 1 is 1.35 bits per heavy atom. The van der Waals surface area contributed by atoms with Crippen molar-refractivity contribution in [2.45, 2.75) is 57.8 Å². The van der Waals surface area contributed by atoms with Crippen LogP contribution >= 0.6 is 0 Å². The molecule has 2 rings (SSSR count). The molecule has 0 aromatic heterocycles. The lowest BCUT2D eigenvalue weighted by atomic mass is 9.92. The molecule has 1 amide bonds. The number of nitro benzene ring substituents is 1. The van der Waals surface area contributed by atoms with E-state index in [0.29, 0.717) is 0 Å². The highest BCUT2D eigenvalue weighted by Crippen LogP contribution is 2.27. The van der Waals surface area contributed by atoms with Gasteiger partial charge in [0, 0.05) is 17.7 Å². The Hall–Kier alpha value is -2.15. The molecule has 1 aromatic rings. The summed E-state index contributed by atoms with van der Waals surface area (Å²) in [4.78, 5) is 22.3. The summed E-state index contributed by atoms with van der Waals surface area (Å²) in [6, 6.07) is 3.69. The molecule has 0 unspecified atom stereocenters. The Morgan fingerprint density at radius 2 is 2.00 bits per heavy atom. The number of carbonyl (C=O) groups excluding carboxylic acids is 1. The number of ether oxygens (including phenoxy) is 1. The van der Waals surface area contributed by atoms with Crippen LogP contribution in [0.1, 0.15) is 49.9 Å². The third-order valence-corrected chi connectivity index (χ3v) is 3.91. The minimum absolute atomic E-state index is 0.0439. The van der Waals surface area contributed by atoms with Crippen LogP contribution in [-0.4, -0.2) is 34.2 Å². The zero-order valence-corrected chi connectivity index (χ0v) is 13.3. The van der Waals surface area contributed by atoms with Crippen LogP contribution in [0.2, 0.25) is 0 Å². The predicted octanol–water partition coefficient (Wildman–Crippen LogP) is 2.77. The number of nitro groups is 1. The molecule has 1 aromatic carbocycles. The van der Waals surface area contributed by atoms with Crippen LogP contribution in [0.15, 0.2) is 18.2 Å². The monoisotopic (exact) mass is 322 g/mol. The second kappa shape index (κ2) is 7.41. The first-order valence-corrected chi connectivity index (χ1v) is 7.80. The largest absolute Gasteiger partial charge is 0.502 e. The highest BCUT2D eigenvalue weighted by atomic mass is 16.6. The highest BCUT2D eigenvalue weighted by Gasteiger charge is 2.24. The lowest BCUT2D eigenvalue weighted by molar-refractivity contribution is -0.385. The molecule has 126 valence electrons. The van der Waals surface area contributed by atoms with Crippen LogP contribution in [0.4, 0.5) is 5.69 Å². The van der Waals surface area contributed by atoms with Crippen molar-refractivity contribution in [1.82, 2.24) is 5.32 Å². The fourth-order valence-corrected chi connectivity index (χ4v) is 2.81. The van der Waals surface area contributed by atoms with Gasteiger partial charge in [-0.25, -0.2) is 0 Å². The minimum Gasteiger partial charge on any atom is -0.502 e. The summed E-state index contributed by atoms with van der Waals surface area (Å²) in [6.45, 7) is 4.01. The van der Waals surface area contributed by atoms with Gasteiger partial charge in [-0.15, -0.1) is 0 Å². The summed E-state index contributed by atoms with van der Waals surface area (Å²) in [6.07, 6.45) is 3.85. The van der Waals surface area contributed by atoms with Gasteiger partial charge in [0.2, 0.25) is 0 Å². The second-order valence-electron chi connectivity index (χ2n) is 6.09. The summed E-state index contributed by atoms with van der Waals surface area (Å²) in [7, 11) is 0. The number of rotatable bonds is 5. The first-order valence-electron chi connectivity index (χ1n) is 7.80. The molecule has 0 radical (unpaired) electrons. The molecule has 2 N–H and O–H groups in total. The molecule has 1 aliphatic carbocycles. The maximum atomic E-state index is 12.2. The minimum atomic E-state index is -0.708. The smallest absolute Gasteiger partial charge is 0.311 e. The zero-order chi connectivity index (χ0) is 17.0. The van der Waals surface area contributed by atoms with Gasteiger partial charge in [0.05, 0.1) is 17.1 Å². The SMILES string of the molecule is CC(C)OC1CCC(NC(=O)c2ccc(O)c([N+](=O)[O-])c2)CC1. The normalized spacial score (nSPS) is 21.2. The van der Waals surface area contributed by atoms with Crippen LogP contribution in [0.5, 0.6) is 5.75 Å². The molecule has 1 aliphatic rings. The number of phenolic OH excluding ortho intramolecular Hbond substituents is 1. The fourth-order valence-electron chi connectivity index (χ4n) is 2.81. The molecule has 23 heavy (non-hydrogen) atoms. The van der Waals surface area contributed by atoms with E-state index in [9.17, 15) is 20.0 Å². The van der Waals surface area contributed by atoms with Crippen molar-refractivity contribution >= 4 is 11.6 Å². The lowest BCUT2D eigenvalue weighted by Gasteiger charge is -2.30. The van der Waals surface area contributed by atoms with Crippen LogP contribution in [0.25, 0.3) is 0 Å². The van der Waals surface area contributed by atoms with Gasteiger partial charge >= 0.3 is 5.69 Å². The fraction of sp³-hybridized carbons (Fsp3) is 0.562. The molecular weight excluding hydrogens is 300 g/mol. The van der Waals surface area contributed by atoms with Crippen LogP contribution < -0.4 is 5.32 Å². The summed E-state index contributed by atoms with van der Waals surface area (Å²) in [5, 5.41) is 23.1. The Balaban J connectivity index is 1.93. The number of nitrogens with zero attached hydrogens (tertiary/aromatic N) is 1. The van der Waals surface area contributed by atoms with E-state index in [1.54, 1.807) is 0 Å². The van der Waals surface area contributed by atoms with Crippen LogP contribution in [0, 0.1) is 10.1 Å². The average molecular weight is 322 g/mol. The maximum absolute atomic E-state index is 12.2. The molecule has 0 atom stereocenters. The Bertz CT molecular complexity index is 580. The number of nitrogens with one attached hydrogen (secondary N) is 1. The molecule has 0 saturated heterocycles. The molecule has 1 fully saturated rings. The Kier molecular flexibility index (Phi) is 5.54. The van der Waals surface area contributed by atoms with E-state index >= 15 is 0 Å². The number of benzene rings is 1. The first kappa shape index (κ1) is 17.2.